The molecule has 108 valence electrons. The fourth-order valence-electron chi connectivity index (χ4n) is 2.04. The van der Waals surface area contributed by atoms with E-state index in [0.29, 0.717) is 13.2 Å². The van der Waals surface area contributed by atoms with Crippen LogP contribution in [0, 0.1) is 0 Å². The van der Waals surface area contributed by atoms with Crippen LogP contribution in [0.5, 0.6) is 0 Å². The first-order valence-corrected chi connectivity index (χ1v) is 7.07. The lowest BCUT2D eigenvalue weighted by atomic mass is 10.1. The number of aliphatic hydroxyl groups excluding tert-OH is 1. The third kappa shape index (κ3) is 4.76. The molecular weight excluding hydrogens is 310 g/mol. The number of ether oxygens (including phenoxy) is 2. The topological polar surface area (TPSA) is 41.9 Å². The van der Waals surface area contributed by atoms with Crippen molar-refractivity contribution in [2.24, 2.45) is 0 Å². The third-order valence-corrected chi connectivity index (χ3v) is 3.50. The van der Waals surface area contributed by atoms with Crippen molar-refractivity contribution >= 4 is 21.6 Å². The van der Waals surface area contributed by atoms with Crippen LogP contribution in [0.3, 0.4) is 0 Å². The zero-order valence-electron chi connectivity index (χ0n) is 11.7. The van der Waals surface area contributed by atoms with Gasteiger partial charge < -0.3 is 19.5 Å². The van der Waals surface area contributed by atoms with Gasteiger partial charge in [-0.05, 0) is 19.1 Å². The molecule has 1 aromatic rings. The van der Waals surface area contributed by atoms with E-state index < -0.39 is 0 Å². The summed E-state index contributed by atoms with van der Waals surface area (Å²) < 4.78 is 11.4. The van der Waals surface area contributed by atoms with E-state index in [1.54, 1.807) is 14.2 Å². The first kappa shape index (κ1) is 16.4. The summed E-state index contributed by atoms with van der Waals surface area (Å²) in [5, 5.41) is 9.49. The number of hydrogen-bond donors (Lipinski definition) is 1. The van der Waals surface area contributed by atoms with Crippen LogP contribution < -0.4 is 4.90 Å². The van der Waals surface area contributed by atoms with E-state index in [-0.39, 0.29) is 12.6 Å². The van der Waals surface area contributed by atoms with E-state index in [1.165, 1.54) is 0 Å². The Kier molecular flexibility index (Phi) is 7.38. The Hall–Kier alpha value is -0.620. The van der Waals surface area contributed by atoms with Gasteiger partial charge in [-0.15, -0.1) is 0 Å². The van der Waals surface area contributed by atoms with Crippen LogP contribution >= 0.6 is 15.9 Å². The summed E-state index contributed by atoms with van der Waals surface area (Å²) in [6.07, 6.45) is 0. The molecule has 0 saturated heterocycles. The molecule has 0 radical (unpaired) electrons. The molecule has 1 unspecified atom stereocenters. The van der Waals surface area contributed by atoms with Gasteiger partial charge in [0, 0.05) is 42.5 Å². The lowest BCUT2D eigenvalue weighted by Crippen LogP contribution is -2.39. The highest BCUT2D eigenvalue weighted by Gasteiger charge is 2.17. The minimum atomic E-state index is 0.0196. The van der Waals surface area contributed by atoms with Gasteiger partial charge in [-0.2, -0.15) is 0 Å². The zero-order valence-corrected chi connectivity index (χ0v) is 13.3. The monoisotopic (exact) mass is 331 g/mol. The second-order valence-electron chi connectivity index (χ2n) is 4.42. The van der Waals surface area contributed by atoms with Crippen LogP contribution in [-0.4, -0.2) is 45.1 Å². The van der Waals surface area contributed by atoms with Crippen molar-refractivity contribution in [3.63, 3.8) is 0 Å². The van der Waals surface area contributed by atoms with Gasteiger partial charge in [0.15, 0.2) is 0 Å². The Morgan fingerprint density at radius 3 is 2.63 bits per heavy atom. The summed E-state index contributed by atoms with van der Waals surface area (Å²) in [7, 11) is 3.38. The Bertz CT molecular complexity index is 387. The van der Waals surface area contributed by atoms with Gasteiger partial charge in [-0.25, -0.2) is 0 Å². The first-order valence-electron chi connectivity index (χ1n) is 6.27. The molecule has 1 aromatic carbocycles. The summed E-state index contributed by atoms with van der Waals surface area (Å²) in [5.74, 6) is 0. The lowest BCUT2D eigenvalue weighted by Gasteiger charge is -2.32. The minimum absolute atomic E-state index is 0.0196. The number of benzene rings is 1. The van der Waals surface area contributed by atoms with Crippen molar-refractivity contribution in [3.05, 3.63) is 28.2 Å². The molecule has 0 aliphatic carbocycles. The highest BCUT2D eigenvalue weighted by Crippen LogP contribution is 2.27. The molecule has 5 heteroatoms. The number of rotatable bonds is 8. The van der Waals surface area contributed by atoms with Crippen molar-refractivity contribution in [1.29, 1.82) is 0 Å². The Morgan fingerprint density at radius 1 is 1.32 bits per heavy atom. The van der Waals surface area contributed by atoms with Crippen LogP contribution in [0.4, 0.5) is 5.69 Å². The normalized spacial score (nSPS) is 12.5. The molecule has 1 N–H and O–H groups in total. The maximum atomic E-state index is 9.49. The molecule has 0 bridgehead atoms. The van der Waals surface area contributed by atoms with Gasteiger partial charge in [0.2, 0.25) is 0 Å². The van der Waals surface area contributed by atoms with Gasteiger partial charge in [-0.1, -0.05) is 22.0 Å². The maximum absolute atomic E-state index is 9.49. The SMILES string of the molecule is COCCN(c1cc(Br)ccc1CO)C(C)COC. The molecule has 1 rings (SSSR count). The number of halogens is 1. The molecule has 0 heterocycles. The van der Waals surface area contributed by atoms with Crippen LogP contribution in [0.25, 0.3) is 0 Å². The van der Waals surface area contributed by atoms with E-state index in [2.05, 4.69) is 27.8 Å². The molecule has 0 amide bonds. The van der Waals surface area contributed by atoms with Gasteiger partial charge >= 0.3 is 0 Å². The molecule has 0 fully saturated rings. The molecule has 0 aliphatic rings. The Morgan fingerprint density at radius 2 is 2.05 bits per heavy atom. The standard InChI is InChI=1S/C14H22BrNO3/c1-11(10-19-3)16(6-7-18-2)14-8-13(15)5-4-12(14)9-17/h4-5,8,11,17H,6-7,9-10H2,1-3H3. The van der Waals surface area contributed by atoms with E-state index in [9.17, 15) is 5.11 Å². The van der Waals surface area contributed by atoms with Crippen LogP contribution in [0.2, 0.25) is 0 Å². The van der Waals surface area contributed by atoms with Crippen molar-refractivity contribution in [2.75, 3.05) is 38.9 Å². The summed E-state index contributed by atoms with van der Waals surface area (Å²) in [5.41, 5.74) is 1.92. The molecule has 4 nitrogen and oxygen atoms in total. The van der Waals surface area contributed by atoms with Gasteiger partial charge in [0.05, 0.1) is 19.8 Å². The average molecular weight is 332 g/mol. The van der Waals surface area contributed by atoms with Crippen molar-refractivity contribution in [3.8, 4) is 0 Å². The maximum Gasteiger partial charge on any atom is 0.0702 e. The predicted molar refractivity (Wildman–Crippen MR) is 80.6 cm³/mol. The number of anilines is 1. The Balaban J connectivity index is 3.04. The molecule has 0 spiro atoms. The van der Waals surface area contributed by atoms with E-state index in [4.69, 9.17) is 9.47 Å². The molecule has 0 aliphatic heterocycles. The predicted octanol–water partition coefficient (Wildman–Crippen LogP) is 2.43. The largest absolute Gasteiger partial charge is 0.392 e. The molecule has 19 heavy (non-hydrogen) atoms. The second-order valence-corrected chi connectivity index (χ2v) is 5.34. The summed E-state index contributed by atoms with van der Waals surface area (Å²) in [6.45, 7) is 4.13. The number of nitrogens with zero attached hydrogens (tertiary/aromatic N) is 1. The fourth-order valence-corrected chi connectivity index (χ4v) is 2.39. The highest BCUT2D eigenvalue weighted by molar-refractivity contribution is 9.10. The van der Waals surface area contributed by atoms with Gasteiger partial charge in [0.1, 0.15) is 0 Å². The minimum Gasteiger partial charge on any atom is -0.392 e. The quantitative estimate of drug-likeness (QED) is 0.794. The number of methoxy groups -OCH3 is 2. The summed E-state index contributed by atoms with van der Waals surface area (Å²) in [6, 6.07) is 6.09. The van der Waals surface area contributed by atoms with E-state index >= 15 is 0 Å². The zero-order chi connectivity index (χ0) is 14.3. The van der Waals surface area contributed by atoms with Crippen LogP contribution in [0.1, 0.15) is 12.5 Å². The van der Waals surface area contributed by atoms with E-state index in [0.717, 1.165) is 22.3 Å². The highest BCUT2D eigenvalue weighted by atomic mass is 79.9. The van der Waals surface area contributed by atoms with Crippen molar-refractivity contribution < 1.29 is 14.6 Å². The molecular formula is C14H22BrNO3. The van der Waals surface area contributed by atoms with Crippen molar-refractivity contribution in [2.45, 2.75) is 19.6 Å². The number of aliphatic hydroxyl groups is 1. The van der Waals surface area contributed by atoms with Crippen molar-refractivity contribution in [1.82, 2.24) is 0 Å². The third-order valence-electron chi connectivity index (χ3n) is 3.00. The van der Waals surface area contributed by atoms with Crippen LogP contribution in [-0.2, 0) is 16.1 Å². The fraction of sp³-hybridized carbons (Fsp3) is 0.571. The molecule has 1 atom stereocenters. The second kappa shape index (κ2) is 8.53. The summed E-state index contributed by atoms with van der Waals surface area (Å²) in [4.78, 5) is 2.20. The molecule has 0 aromatic heterocycles. The van der Waals surface area contributed by atoms with Crippen LogP contribution in [0.15, 0.2) is 22.7 Å². The summed E-state index contributed by atoms with van der Waals surface area (Å²) >= 11 is 3.48. The van der Waals surface area contributed by atoms with Gasteiger partial charge in [0.25, 0.3) is 0 Å². The molecule has 0 saturated carbocycles. The number of hydrogen-bond acceptors (Lipinski definition) is 4. The first-order chi connectivity index (χ1) is 9.13. The average Bonchev–Trinajstić information content (AvgIpc) is 2.40. The van der Waals surface area contributed by atoms with Gasteiger partial charge in [-0.3, -0.25) is 0 Å². The smallest absolute Gasteiger partial charge is 0.0702 e. The Labute approximate surface area is 123 Å². The van der Waals surface area contributed by atoms with E-state index in [1.807, 2.05) is 18.2 Å². The lowest BCUT2D eigenvalue weighted by molar-refractivity contribution is 0.170.